The number of rotatable bonds is 3. The molecule has 0 spiro atoms. The fraction of sp³-hybridized carbons (Fsp3) is 0.192. The van der Waals surface area contributed by atoms with Gasteiger partial charge < -0.3 is 9.47 Å². The van der Waals surface area contributed by atoms with Crippen molar-refractivity contribution in [3.63, 3.8) is 0 Å². The van der Waals surface area contributed by atoms with Crippen LogP contribution in [-0.2, 0) is 19.1 Å². The van der Waals surface area contributed by atoms with Crippen LogP contribution in [0.15, 0.2) is 69.6 Å². The van der Waals surface area contributed by atoms with Crippen LogP contribution in [-0.4, -0.2) is 36.6 Å². The number of amides is 2. The van der Waals surface area contributed by atoms with Gasteiger partial charge in [-0.2, -0.15) is 0 Å². The van der Waals surface area contributed by atoms with Gasteiger partial charge in [-0.1, -0.05) is 41.7 Å². The lowest BCUT2D eigenvalue weighted by molar-refractivity contribution is -0.136. The summed E-state index contributed by atoms with van der Waals surface area (Å²) < 4.78 is 11.8. The maximum atomic E-state index is 13.9. The number of anilines is 1. The van der Waals surface area contributed by atoms with E-state index in [0.717, 1.165) is 16.2 Å². The van der Waals surface area contributed by atoms with Crippen LogP contribution >= 0.6 is 11.3 Å². The molecule has 2 aromatic carbocycles. The summed E-state index contributed by atoms with van der Waals surface area (Å²) in [7, 11) is 2.82. The number of allylic oxidation sites excluding steroid dienone is 1. The molecule has 182 valence electrons. The first kappa shape index (κ1) is 23.4. The molecule has 9 nitrogen and oxygen atoms in total. The van der Waals surface area contributed by atoms with Gasteiger partial charge in [-0.25, -0.2) is 14.7 Å². The number of methoxy groups -OCH3 is 2. The molecule has 0 saturated heterocycles. The summed E-state index contributed by atoms with van der Waals surface area (Å²) in [5.74, 6) is -1.01. The topological polar surface area (TPSA) is 107 Å². The van der Waals surface area contributed by atoms with Crippen LogP contribution in [0.5, 0.6) is 5.75 Å². The highest BCUT2D eigenvalue weighted by Crippen LogP contribution is 2.36. The van der Waals surface area contributed by atoms with Gasteiger partial charge in [0.05, 0.1) is 42.8 Å². The monoisotopic (exact) mass is 503 g/mol. The highest BCUT2D eigenvalue weighted by Gasteiger charge is 2.38. The number of aromatic nitrogens is 1. The van der Waals surface area contributed by atoms with E-state index in [9.17, 15) is 19.2 Å². The van der Waals surface area contributed by atoms with E-state index in [2.05, 4.69) is 4.99 Å². The zero-order valence-corrected chi connectivity index (χ0v) is 20.7. The van der Waals surface area contributed by atoms with Crippen molar-refractivity contribution in [3.05, 3.63) is 90.6 Å². The summed E-state index contributed by atoms with van der Waals surface area (Å²) in [6.07, 6.45) is 0. The molecule has 2 amide bonds. The molecule has 0 fully saturated rings. The zero-order valence-electron chi connectivity index (χ0n) is 19.9. The van der Waals surface area contributed by atoms with Gasteiger partial charge in [-0.3, -0.25) is 19.0 Å². The zero-order chi connectivity index (χ0) is 25.7. The summed E-state index contributed by atoms with van der Waals surface area (Å²) in [5.41, 5.74) is 1.84. The van der Waals surface area contributed by atoms with E-state index < -0.39 is 29.4 Å². The normalized spacial score (nSPS) is 17.9. The SMILES string of the molecule is COC(=O)C1=C(C)N=c2s/c(=C3\C(=O)N(C(C)=O)c4ccccc43)c(=O)n2[C@@H]1c1ccc(OC)cc1. The fourth-order valence-electron chi connectivity index (χ4n) is 4.59. The Morgan fingerprint density at radius 1 is 1.03 bits per heavy atom. The first-order chi connectivity index (χ1) is 17.3. The van der Waals surface area contributed by atoms with E-state index in [0.29, 0.717) is 33.1 Å². The minimum absolute atomic E-state index is 0.138. The predicted molar refractivity (Wildman–Crippen MR) is 132 cm³/mol. The van der Waals surface area contributed by atoms with E-state index in [-0.39, 0.29) is 15.7 Å². The third-order valence-electron chi connectivity index (χ3n) is 6.21. The molecule has 10 heteroatoms. The number of nitrogens with zero attached hydrogens (tertiary/aromatic N) is 3. The molecule has 0 bridgehead atoms. The maximum absolute atomic E-state index is 13.9. The van der Waals surface area contributed by atoms with E-state index in [4.69, 9.17) is 9.47 Å². The van der Waals surface area contributed by atoms with Crippen LogP contribution in [0.3, 0.4) is 0 Å². The first-order valence-electron chi connectivity index (χ1n) is 11.0. The Balaban J connectivity index is 1.83. The molecule has 0 aliphatic carbocycles. The van der Waals surface area contributed by atoms with Gasteiger partial charge >= 0.3 is 5.97 Å². The van der Waals surface area contributed by atoms with E-state index >= 15 is 0 Å². The Morgan fingerprint density at radius 3 is 2.36 bits per heavy atom. The smallest absolute Gasteiger partial charge is 0.338 e. The number of benzene rings is 2. The summed E-state index contributed by atoms with van der Waals surface area (Å²) >= 11 is 1.05. The third kappa shape index (κ3) is 3.41. The fourth-order valence-corrected chi connectivity index (χ4v) is 5.73. The lowest BCUT2D eigenvalue weighted by atomic mass is 9.96. The molecule has 0 radical (unpaired) electrons. The third-order valence-corrected chi connectivity index (χ3v) is 7.26. The van der Waals surface area contributed by atoms with Gasteiger partial charge in [0.2, 0.25) is 5.91 Å². The van der Waals surface area contributed by atoms with Crippen molar-refractivity contribution in [2.24, 2.45) is 4.99 Å². The molecular formula is C26H21N3O6S. The minimum Gasteiger partial charge on any atom is -0.497 e. The van der Waals surface area contributed by atoms with Crippen molar-refractivity contribution in [1.29, 1.82) is 0 Å². The summed E-state index contributed by atoms with van der Waals surface area (Å²) in [6.45, 7) is 2.98. The lowest BCUT2D eigenvalue weighted by Gasteiger charge is -2.24. The molecule has 3 aromatic rings. The summed E-state index contributed by atoms with van der Waals surface area (Å²) in [6, 6.07) is 13.0. The number of esters is 1. The van der Waals surface area contributed by atoms with E-state index in [1.165, 1.54) is 18.6 Å². The van der Waals surface area contributed by atoms with Crippen molar-refractivity contribution >= 4 is 40.4 Å². The highest BCUT2D eigenvalue weighted by molar-refractivity contribution is 7.07. The molecule has 2 aliphatic heterocycles. The Morgan fingerprint density at radius 2 is 1.72 bits per heavy atom. The van der Waals surface area contributed by atoms with Crippen LogP contribution in [0, 0.1) is 0 Å². The first-order valence-corrected chi connectivity index (χ1v) is 11.8. The van der Waals surface area contributed by atoms with Crippen LogP contribution < -0.4 is 24.5 Å². The molecule has 0 saturated carbocycles. The summed E-state index contributed by atoms with van der Waals surface area (Å²) in [4.78, 5) is 58.3. The average Bonchev–Trinajstić information content (AvgIpc) is 3.35. The molecule has 5 rings (SSSR count). The highest BCUT2D eigenvalue weighted by atomic mass is 32.1. The van der Waals surface area contributed by atoms with Gasteiger partial charge in [0, 0.05) is 12.5 Å². The molecule has 1 atom stereocenters. The second-order valence-corrected chi connectivity index (χ2v) is 9.20. The van der Waals surface area contributed by atoms with Crippen molar-refractivity contribution in [2.75, 3.05) is 19.1 Å². The molecular weight excluding hydrogens is 482 g/mol. The van der Waals surface area contributed by atoms with Crippen molar-refractivity contribution in [3.8, 4) is 5.75 Å². The largest absolute Gasteiger partial charge is 0.497 e. The summed E-state index contributed by atoms with van der Waals surface area (Å²) in [5, 5.41) is 0. The van der Waals surface area contributed by atoms with Crippen LogP contribution in [0.4, 0.5) is 5.69 Å². The van der Waals surface area contributed by atoms with Gasteiger partial charge in [0.15, 0.2) is 4.80 Å². The minimum atomic E-state index is -0.829. The number of hydrogen-bond donors (Lipinski definition) is 0. The van der Waals surface area contributed by atoms with Gasteiger partial charge in [-0.15, -0.1) is 0 Å². The number of carbonyl (C=O) groups excluding carboxylic acids is 3. The van der Waals surface area contributed by atoms with Crippen LogP contribution in [0.25, 0.3) is 5.57 Å². The second kappa shape index (κ2) is 8.72. The Kier molecular flexibility index (Phi) is 5.68. The number of carbonyl (C=O) groups is 3. The molecule has 2 aliphatic rings. The second-order valence-electron chi connectivity index (χ2n) is 8.22. The molecule has 1 aromatic heterocycles. The van der Waals surface area contributed by atoms with E-state index in [1.54, 1.807) is 62.6 Å². The Hall–Kier alpha value is -4.31. The van der Waals surface area contributed by atoms with E-state index in [1.807, 2.05) is 0 Å². The van der Waals surface area contributed by atoms with Crippen LogP contribution in [0.2, 0.25) is 0 Å². The Labute approximate surface area is 209 Å². The molecule has 36 heavy (non-hydrogen) atoms. The number of para-hydroxylation sites is 1. The van der Waals surface area contributed by atoms with Gasteiger partial charge in [0.25, 0.3) is 11.5 Å². The van der Waals surface area contributed by atoms with Gasteiger partial charge in [-0.05, 0) is 30.7 Å². The maximum Gasteiger partial charge on any atom is 0.338 e. The molecule has 3 heterocycles. The van der Waals surface area contributed by atoms with Crippen molar-refractivity contribution < 1.29 is 23.9 Å². The number of fused-ring (bicyclic) bond motifs is 2. The van der Waals surface area contributed by atoms with Crippen LogP contribution in [0.1, 0.15) is 31.0 Å². The average molecular weight is 504 g/mol. The quantitative estimate of drug-likeness (QED) is 0.504. The van der Waals surface area contributed by atoms with Crippen molar-refractivity contribution in [1.82, 2.24) is 4.57 Å². The lowest BCUT2D eigenvalue weighted by Crippen LogP contribution is -2.41. The number of imide groups is 1. The number of hydrogen-bond acceptors (Lipinski definition) is 8. The van der Waals surface area contributed by atoms with Crippen molar-refractivity contribution in [2.45, 2.75) is 19.9 Å². The number of ether oxygens (including phenoxy) is 2. The molecule has 0 unspecified atom stereocenters. The van der Waals surface area contributed by atoms with Gasteiger partial charge in [0.1, 0.15) is 10.3 Å². The Bertz CT molecular complexity index is 1660. The predicted octanol–water partition coefficient (Wildman–Crippen LogP) is 1.68. The molecule has 0 N–H and O–H groups in total. The standard InChI is InChI=1S/C26H21N3O6S/c1-13-19(25(33)35-4)21(15-9-11-16(34-3)12-10-15)29-24(32)22(36-26(29)27-13)20-17-7-5-6-8-18(17)28(14(2)30)23(20)31/h5-12,21H,1-4H3/b22-20-/t21-/m1/s1. The number of thiazole rings is 1.